The Bertz CT molecular complexity index is 470. The van der Waals surface area contributed by atoms with Gasteiger partial charge in [0.1, 0.15) is 13.2 Å². The van der Waals surface area contributed by atoms with E-state index in [1.54, 1.807) is 0 Å². The Morgan fingerprint density at radius 2 is 1.95 bits per heavy atom. The van der Waals surface area contributed by atoms with Crippen LogP contribution in [0.25, 0.3) is 0 Å². The molecule has 2 aliphatic heterocycles. The van der Waals surface area contributed by atoms with Crippen LogP contribution in [0.5, 0.6) is 11.5 Å². The zero-order valence-corrected chi connectivity index (χ0v) is 11.8. The summed E-state index contributed by atoms with van der Waals surface area (Å²) in [7, 11) is 0. The van der Waals surface area contributed by atoms with Gasteiger partial charge in [0.25, 0.3) is 0 Å². The van der Waals surface area contributed by atoms with Gasteiger partial charge in [-0.2, -0.15) is 0 Å². The Morgan fingerprint density at radius 1 is 1.20 bits per heavy atom. The highest BCUT2D eigenvalue weighted by molar-refractivity contribution is 5.44. The van der Waals surface area contributed by atoms with Crippen LogP contribution in [0.2, 0.25) is 0 Å². The molecule has 20 heavy (non-hydrogen) atoms. The predicted molar refractivity (Wildman–Crippen MR) is 79.4 cm³/mol. The number of rotatable bonds is 4. The molecule has 0 saturated carbocycles. The number of fused-ring (bicyclic) bond motifs is 1. The van der Waals surface area contributed by atoms with Gasteiger partial charge < -0.3 is 14.8 Å². The van der Waals surface area contributed by atoms with E-state index in [1.807, 2.05) is 12.1 Å². The van der Waals surface area contributed by atoms with Crippen LogP contribution in [0.1, 0.15) is 18.0 Å². The van der Waals surface area contributed by atoms with Gasteiger partial charge in [0.05, 0.1) is 0 Å². The second-order valence-corrected chi connectivity index (χ2v) is 5.23. The largest absolute Gasteiger partial charge is 0.486 e. The summed E-state index contributed by atoms with van der Waals surface area (Å²) in [6, 6.07) is 6.70. The standard InChI is InChI=1S/C16H22N2O2/c1-2-3-14(18-8-6-17-7-9-18)13-4-5-15-16(12-13)20-11-10-19-15/h2,4-5,12,14,17H,1,3,6-11H2/t14-/m1/s1. The Morgan fingerprint density at radius 3 is 2.70 bits per heavy atom. The maximum Gasteiger partial charge on any atom is 0.161 e. The number of nitrogens with zero attached hydrogens (tertiary/aromatic N) is 1. The molecular weight excluding hydrogens is 252 g/mol. The third-order valence-corrected chi connectivity index (χ3v) is 3.93. The second-order valence-electron chi connectivity index (χ2n) is 5.23. The fraction of sp³-hybridized carbons (Fsp3) is 0.500. The summed E-state index contributed by atoms with van der Waals surface area (Å²) in [6.45, 7) is 9.44. The average Bonchev–Trinajstić information content (AvgIpc) is 2.53. The van der Waals surface area contributed by atoms with E-state index in [2.05, 4.69) is 28.9 Å². The molecule has 1 N–H and O–H groups in total. The molecule has 1 saturated heterocycles. The number of nitrogens with one attached hydrogen (secondary N) is 1. The van der Waals surface area contributed by atoms with Crippen molar-refractivity contribution in [3.05, 3.63) is 36.4 Å². The Hall–Kier alpha value is -1.52. The summed E-state index contributed by atoms with van der Waals surface area (Å²) in [5, 5.41) is 3.40. The lowest BCUT2D eigenvalue weighted by atomic mass is 10.0. The van der Waals surface area contributed by atoms with E-state index in [0.29, 0.717) is 19.3 Å². The van der Waals surface area contributed by atoms with Gasteiger partial charge in [0.2, 0.25) is 0 Å². The summed E-state index contributed by atoms with van der Waals surface area (Å²) in [4.78, 5) is 2.52. The maximum absolute atomic E-state index is 5.70. The molecule has 1 fully saturated rings. The third kappa shape index (κ3) is 2.81. The molecule has 0 spiro atoms. The molecule has 1 aromatic rings. The molecule has 0 unspecified atom stereocenters. The molecule has 2 heterocycles. The van der Waals surface area contributed by atoms with Crippen LogP contribution in [0.4, 0.5) is 0 Å². The number of hydrogen-bond donors (Lipinski definition) is 1. The summed E-state index contributed by atoms with van der Waals surface area (Å²) in [6.07, 6.45) is 2.96. The first-order valence-corrected chi connectivity index (χ1v) is 7.33. The first kappa shape index (κ1) is 13.5. The molecule has 0 radical (unpaired) electrons. The molecule has 0 amide bonds. The van der Waals surface area contributed by atoms with E-state index in [4.69, 9.17) is 9.47 Å². The van der Waals surface area contributed by atoms with Gasteiger partial charge in [-0.25, -0.2) is 0 Å². The van der Waals surface area contributed by atoms with Crippen molar-refractivity contribution in [1.29, 1.82) is 0 Å². The van der Waals surface area contributed by atoms with Crippen LogP contribution in [-0.2, 0) is 0 Å². The second kappa shape index (κ2) is 6.29. The molecular formula is C16H22N2O2. The zero-order valence-electron chi connectivity index (χ0n) is 11.8. The molecule has 3 rings (SSSR count). The van der Waals surface area contributed by atoms with Gasteiger partial charge in [0, 0.05) is 32.2 Å². The molecule has 108 valence electrons. The van der Waals surface area contributed by atoms with Crippen LogP contribution in [0, 0.1) is 0 Å². The van der Waals surface area contributed by atoms with Crippen LogP contribution < -0.4 is 14.8 Å². The highest BCUT2D eigenvalue weighted by Crippen LogP contribution is 2.35. The number of piperazine rings is 1. The van der Waals surface area contributed by atoms with Gasteiger partial charge in [-0.05, 0) is 24.1 Å². The molecule has 0 aliphatic carbocycles. The summed E-state index contributed by atoms with van der Waals surface area (Å²) >= 11 is 0. The third-order valence-electron chi connectivity index (χ3n) is 3.93. The van der Waals surface area contributed by atoms with Crippen molar-refractivity contribution in [2.75, 3.05) is 39.4 Å². The van der Waals surface area contributed by atoms with E-state index >= 15 is 0 Å². The number of hydrogen-bond acceptors (Lipinski definition) is 4. The first-order chi connectivity index (χ1) is 9.88. The van der Waals surface area contributed by atoms with Crippen molar-refractivity contribution in [1.82, 2.24) is 10.2 Å². The molecule has 2 aliphatic rings. The van der Waals surface area contributed by atoms with Crippen molar-refractivity contribution < 1.29 is 9.47 Å². The Kier molecular flexibility index (Phi) is 4.23. The highest BCUT2D eigenvalue weighted by atomic mass is 16.6. The zero-order chi connectivity index (χ0) is 13.8. The summed E-state index contributed by atoms with van der Waals surface area (Å²) < 4.78 is 11.3. The lowest BCUT2D eigenvalue weighted by Crippen LogP contribution is -2.45. The molecule has 4 heteroatoms. The van der Waals surface area contributed by atoms with Crippen molar-refractivity contribution in [3.63, 3.8) is 0 Å². The maximum atomic E-state index is 5.70. The van der Waals surface area contributed by atoms with Gasteiger partial charge >= 0.3 is 0 Å². The topological polar surface area (TPSA) is 33.7 Å². The number of benzene rings is 1. The minimum atomic E-state index is 0.380. The first-order valence-electron chi connectivity index (χ1n) is 7.33. The van der Waals surface area contributed by atoms with Crippen LogP contribution >= 0.6 is 0 Å². The van der Waals surface area contributed by atoms with Crippen LogP contribution in [0.3, 0.4) is 0 Å². The average molecular weight is 274 g/mol. The molecule has 0 bridgehead atoms. The van der Waals surface area contributed by atoms with Crippen LogP contribution in [0.15, 0.2) is 30.9 Å². The number of ether oxygens (including phenoxy) is 2. The van der Waals surface area contributed by atoms with Gasteiger partial charge in [-0.1, -0.05) is 12.1 Å². The van der Waals surface area contributed by atoms with Crippen molar-refractivity contribution in [2.24, 2.45) is 0 Å². The van der Waals surface area contributed by atoms with Crippen molar-refractivity contribution in [2.45, 2.75) is 12.5 Å². The van der Waals surface area contributed by atoms with E-state index in [0.717, 1.165) is 44.1 Å². The SMILES string of the molecule is C=CC[C@H](c1ccc2c(c1)OCCO2)N1CCNCC1. The predicted octanol–water partition coefficient (Wildman–Crippen LogP) is 1.98. The van der Waals surface area contributed by atoms with E-state index in [1.165, 1.54) is 5.56 Å². The van der Waals surface area contributed by atoms with E-state index in [9.17, 15) is 0 Å². The minimum absolute atomic E-state index is 0.380. The van der Waals surface area contributed by atoms with E-state index in [-0.39, 0.29) is 0 Å². The molecule has 1 atom stereocenters. The minimum Gasteiger partial charge on any atom is -0.486 e. The molecule has 0 aromatic heterocycles. The Labute approximate surface area is 120 Å². The fourth-order valence-corrected chi connectivity index (χ4v) is 2.91. The quantitative estimate of drug-likeness (QED) is 0.851. The lowest BCUT2D eigenvalue weighted by Gasteiger charge is -2.35. The smallest absolute Gasteiger partial charge is 0.161 e. The molecule has 4 nitrogen and oxygen atoms in total. The fourth-order valence-electron chi connectivity index (χ4n) is 2.91. The lowest BCUT2D eigenvalue weighted by molar-refractivity contribution is 0.165. The summed E-state index contributed by atoms with van der Waals surface area (Å²) in [5.74, 6) is 1.73. The normalized spacial score (nSPS) is 20.4. The summed E-state index contributed by atoms with van der Waals surface area (Å²) in [5.41, 5.74) is 1.29. The van der Waals surface area contributed by atoms with E-state index < -0.39 is 0 Å². The van der Waals surface area contributed by atoms with Gasteiger partial charge in [-0.3, -0.25) is 4.90 Å². The van der Waals surface area contributed by atoms with Crippen LogP contribution in [-0.4, -0.2) is 44.3 Å². The molecule has 1 aromatic carbocycles. The van der Waals surface area contributed by atoms with Gasteiger partial charge in [0.15, 0.2) is 11.5 Å². The Balaban J connectivity index is 1.84. The highest BCUT2D eigenvalue weighted by Gasteiger charge is 2.23. The monoisotopic (exact) mass is 274 g/mol. The van der Waals surface area contributed by atoms with Crippen molar-refractivity contribution >= 4 is 0 Å². The van der Waals surface area contributed by atoms with Crippen molar-refractivity contribution in [3.8, 4) is 11.5 Å². The van der Waals surface area contributed by atoms with Gasteiger partial charge in [-0.15, -0.1) is 6.58 Å².